The Morgan fingerprint density at radius 3 is 2.48 bits per heavy atom. The summed E-state index contributed by atoms with van der Waals surface area (Å²) >= 11 is 0. The highest BCUT2D eigenvalue weighted by Crippen LogP contribution is 2.20. The number of nitrogens with one attached hydrogen (secondary N) is 2. The van der Waals surface area contributed by atoms with Gasteiger partial charge in [0.05, 0.1) is 0 Å². The molecule has 0 saturated carbocycles. The number of nitrogens with zero attached hydrogens (tertiary/aromatic N) is 2. The Hall–Kier alpha value is -3.15. The standard InChI is InChI=1S/C15H12N4O2/c20-14(13-3-1-8-16-13)19-11-4-6-12(7-5-11)21-15-17-9-2-10-18-15/h1-10,16H,(H,19,20). The van der Waals surface area contributed by atoms with E-state index in [1.54, 1.807) is 61.1 Å². The molecule has 0 bridgehead atoms. The summed E-state index contributed by atoms with van der Waals surface area (Å²) in [5.74, 6) is 0.402. The van der Waals surface area contributed by atoms with Crippen LogP contribution in [0, 0.1) is 0 Å². The van der Waals surface area contributed by atoms with Crippen molar-refractivity contribution in [2.75, 3.05) is 5.32 Å². The first-order chi connectivity index (χ1) is 10.3. The van der Waals surface area contributed by atoms with E-state index in [0.717, 1.165) is 0 Å². The molecule has 0 aliphatic rings. The maximum absolute atomic E-state index is 11.9. The Morgan fingerprint density at radius 1 is 1.05 bits per heavy atom. The van der Waals surface area contributed by atoms with E-state index >= 15 is 0 Å². The molecule has 3 aromatic rings. The fourth-order valence-electron chi connectivity index (χ4n) is 1.72. The second-order valence-corrected chi connectivity index (χ2v) is 4.20. The summed E-state index contributed by atoms with van der Waals surface area (Å²) < 4.78 is 5.47. The summed E-state index contributed by atoms with van der Waals surface area (Å²) in [4.78, 5) is 22.6. The van der Waals surface area contributed by atoms with Gasteiger partial charge in [-0.1, -0.05) is 0 Å². The van der Waals surface area contributed by atoms with Gasteiger partial charge < -0.3 is 15.0 Å². The first-order valence-electron chi connectivity index (χ1n) is 6.31. The molecule has 21 heavy (non-hydrogen) atoms. The van der Waals surface area contributed by atoms with E-state index in [0.29, 0.717) is 17.1 Å². The number of rotatable bonds is 4. The van der Waals surface area contributed by atoms with Gasteiger partial charge in [0, 0.05) is 24.3 Å². The van der Waals surface area contributed by atoms with Crippen LogP contribution in [0.4, 0.5) is 5.69 Å². The Kier molecular flexibility index (Phi) is 3.60. The first kappa shape index (κ1) is 12.9. The SMILES string of the molecule is O=C(Nc1ccc(Oc2ncccn2)cc1)c1ccc[nH]1. The van der Waals surface area contributed by atoms with E-state index in [-0.39, 0.29) is 11.9 Å². The lowest BCUT2D eigenvalue weighted by molar-refractivity contribution is 0.102. The van der Waals surface area contributed by atoms with Crippen molar-refractivity contribution < 1.29 is 9.53 Å². The van der Waals surface area contributed by atoms with Gasteiger partial charge in [-0.3, -0.25) is 4.79 Å². The molecular formula is C15H12N4O2. The molecule has 1 amide bonds. The number of benzene rings is 1. The Labute approximate surface area is 120 Å². The third kappa shape index (κ3) is 3.24. The molecule has 0 radical (unpaired) electrons. The average molecular weight is 280 g/mol. The van der Waals surface area contributed by atoms with Crippen LogP contribution in [0.1, 0.15) is 10.5 Å². The molecule has 0 unspecified atom stereocenters. The zero-order valence-corrected chi connectivity index (χ0v) is 11.0. The van der Waals surface area contributed by atoms with Gasteiger partial charge in [0.25, 0.3) is 5.91 Å². The molecular weight excluding hydrogens is 268 g/mol. The number of hydrogen-bond donors (Lipinski definition) is 2. The maximum atomic E-state index is 11.9. The van der Waals surface area contributed by atoms with Crippen molar-refractivity contribution in [1.82, 2.24) is 15.0 Å². The summed E-state index contributed by atoms with van der Waals surface area (Å²) in [6.45, 7) is 0. The predicted octanol–water partition coefficient (Wildman–Crippen LogP) is 2.85. The van der Waals surface area contributed by atoms with Crippen LogP contribution < -0.4 is 10.1 Å². The highest BCUT2D eigenvalue weighted by atomic mass is 16.5. The second kappa shape index (κ2) is 5.87. The van der Waals surface area contributed by atoms with Crippen molar-refractivity contribution in [3.8, 4) is 11.8 Å². The fourth-order valence-corrected chi connectivity index (χ4v) is 1.72. The van der Waals surface area contributed by atoms with Crippen molar-refractivity contribution in [2.45, 2.75) is 0 Å². The Morgan fingerprint density at radius 2 is 1.81 bits per heavy atom. The highest BCUT2D eigenvalue weighted by Gasteiger charge is 2.06. The summed E-state index contributed by atoms with van der Waals surface area (Å²) in [5.41, 5.74) is 1.18. The van der Waals surface area contributed by atoms with Crippen molar-refractivity contribution >= 4 is 11.6 Å². The van der Waals surface area contributed by atoms with Crippen LogP contribution in [0.15, 0.2) is 61.1 Å². The summed E-state index contributed by atoms with van der Waals surface area (Å²) in [7, 11) is 0. The van der Waals surface area contributed by atoms with E-state index in [2.05, 4.69) is 20.3 Å². The quantitative estimate of drug-likeness (QED) is 0.770. The normalized spacial score (nSPS) is 10.1. The Balaban J connectivity index is 1.65. The van der Waals surface area contributed by atoms with Gasteiger partial charge in [-0.2, -0.15) is 0 Å². The number of carbonyl (C=O) groups is 1. The number of anilines is 1. The van der Waals surface area contributed by atoms with Gasteiger partial charge in [-0.05, 0) is 42.5 Å². The third-order valence-corrected chi connectivity index (χ3v) is 2.71. The van der Waals surface area contributed by atoms with Gasteiger partial charge in [-0.15, -0.1) is 0 Å². The average Bonchev–Trinajstić information content (AvgIpc) is 3.05. The smallest absolute Gasteiger partial charge is 0.321 e. The highest BCUT2D eigenvalue weighted by molar-refractivity contribution is 6.02. The molecule has 2 N–H and O–H groups in total. The topological polar surface area (TPSA) is 79.9 Å². The van der Waals surface area contributed by atoms with Crippen molar-refractivity contribution in [1.29, 1.82) is 0 Å². The van der Waals surface area contributed by atoms with Crippen LogP contribution in [-0.4, -0.2) is 20.9 Å². The number of carbonyl (C=O) groups excluding carboxylic acids is 1. The van der Waals surface area contributed by atoms with Crippen molar-refractivity contribution in [2.24, 2.45) is 0 Å². The van der Waals surface area contributed by atoms with Crippen LogP contribution in [-0.2, 0) is 0 Å². The second-order valence-electron chi connectivity index (χ2n) is 4.20. The van der Waals surface area contributed by atoms with Crippen molar-refractivity contribution in [3.63, 3.8) is 0 Å². The van der Waals surface area contributed by atoms with Gasteiger partial charge in [0.2, 0.25) is 0 Å². The minimum absolute atomic E-state index is 0.194. The third-order valence-electron chi connectivity index (χ3n) is 2.71. The first-order valence-corrected chi connectivity index (χ1v) is 6.31. The van der Waals surface area contributed by atoms with E-state index in [1.165, 1.54) is 0 Å². The number of aromatic amines is 1. The molecule has 2 heterocycles. The van der Waals surface area contributed by atoms with Crippen LogP contribution >= 0.6 is 0 Å². The van der Waals surface area contributed by atoms with Gasteiger partial charge >= 0.3 is 6.01 Å². The summed E-state index contributed by atoms with van der Waals surface area (Å²) in [6, 6.07) is 12.4. The maximum Gasteiger partial charge on any atom is 0.321 e. The summed E-state index contributed by atoms with van der Waals surface area (Å²) in [6.07, 6.45) is 4.91. The lowest BCUT2D eigenvalue weighted by atomic mass is 10.3. The minimum atomic E-state index is -0.194. The molecule has 104 valence electrons. The largest absolute Gasteiger partial charge is 0.424 e. The zero-order valence-electron chi connectivity index (χ0n) is 11.0. The molecule has 2 aromatic heterocycles. The fraction of sp³-hybridized carbons (Fsp3) is 0. The van der Waals surface area contributed by atoms with Gasteiger partial charge in [0.15, 0.2) is 0 Å². The molecule has 0 spiro atoms. The Bertz CT molecular complexity index is 709. The van der Waals surface area contributed by atoms with Gasteiger partial charge in [-0.25, -0.2) is 9.97 Å². The lowest BCUT2D eigenvalue weighted by Gasteiger charge is -2.06. The molecule has 0 aliphatic heterocycles. The molecule has 0 aliphatic carbocycles. The van der Waals surface area contributed by atoms with E-state index in [1.807, 2.05) is 0 Å². The van der Waals surface area contributed by atoms with Crippen LogP contribution in [0.5, 0.6) is 11.8 Å². The van der Waals surface area contributed by atoms with E-state index < -0.39 is 0 Å². The monoisotopic (exact) mass is 280 g/mol. The molecule has 0 saturated heterocycles. The minimum Gasteiger partial charge on any atom is -0.424 e. The molecule has 6 nitrogen and oxygen atoms in total. The number of aromatic nitrogens is 3. The number of amides is 1. The van der Waals surface area contributed by atoms with Crippen molar-refractivity contribution in [3.05, 3.63) is 66.7 Å². The van der Waals surface area contributed by atoms with E-state index in [9.17, 15) is 4.79 Å². The number of ether oxygens (including phenoxy) is 1. The number of H-pyrrole nitrogens is 1. The van der Waals surface area contributed by atoms with Crippen LogP contribution in [0.2, 0.25) is 0 Å². The zero-order chi connectivity index (χ0) is 14.5. The number of hydrogen-bond acceptors (Lipinski definition) is 4. The molecule has 0 atom stereocenters. The predicted molar refractivity (Wildman–Crippen MR) is 77.3 cm³/mol. The lowest BCUT2D eigenvalue weighted by Crippen LogP contribution is -2.11. The molecule has 6 heteroatoms. The van der Waals surface area contributed by atoms with E-state index in [4.69, 9.17) is 4.74 Å². The molecule has 1 aromatic carbocycles. The van der Waals surface area contributed by atoms with Crippen LogP contribution in [0.3, 0.4) is 0 Å². The molecule has 3 rings (SSSR count). The summed E-state index contributed by atoms with van der Waals surface area (Å²) in [5, 5.41) is 2.78. The van der Waals surface area contributed by atoms with Gasteiger partial charge in [0.1, 0.15) is 11.4 Å². The molecule has 0 fully saturated rings. The van der Waals surface area contributed by atoms with Crippen LogP contribution in [0.25, 0.3) is 0 Å².